The minimum absolute atomic E-state index is 0.227. The maximum absolute atomic E-state index is 13.7. The first kappa shape index (κ1) is 22.3. The standard InChI is InChI=1S/C27H30F2N2O/c1-20-5-3-4-6-26(20)31-17-15-30(16-18-31)14-13-27(22-7-9-23(28)10-8-22)32-24-11-12-25(29)21(2)19-24/h3-12,19,27H,13-18H2,1-2H3. The number of benzene rings is 3. The second-order valence-electron chi connectivity index (χ2n) is 8.47. The van der Waals surface area contributed by atoms with Crippen LogP contribution in [-0.4, -0.2) is 37.6 Å². The molecule has 3 aromatic rings. The molecule has 168 valence electrons. The smallest absolute Gasteiger partial charge is 0.126 e. The number of para-hydroxylation sites is 1. The van der Waals surface area contributed by atoms with Gasteiger partial charge in [0.1, 0.15) is 23.5 Å². The molecule has 0 amide bonds. The van der Waals surface area contributed by atoms with Gasteiger partial charge in [-0.25, -0.2) is 8.78 Å². The molecule has 4 rings (SSSR count). The van der Waals surface area contributed by atoms with Gasteiger partial charge in [0.15, 0.2) is 0 Å². The number of piperazine rings is 1. The normalized spacial score (nSPS) is 15.6. The van der Waals surface area contributed by atoms with E-state index in [4.69, 9.17) is 4.74 Å². The van der Waals surface area contributed by atoms with Crippen LogP contribution in [0.3, 0.4) is 0 Å². The molecule has 0 radical (unpaired) electrons. The van der Waals surface area contributed by atoms with Crippen LogP contribution in [0.4, 0.5) is 14.5 Å². The van der Waals surface area contributed by atoms with Gasteiger partial charge in [0, 0.05) is 44.8 Å². The van der Waals surface area contributed by atoms with Crippen molar-refractivity contribution in [3.63, 3.8) is 0 Å². The average Bonchev–Trinajstić information content (AvgIpc) is 2.80. The lowest BCUT2D eigenvalue weighted by atomic mass is 10.1. The van der Waals surface area contributed by atoms with E-state index in [1.54, 1.807) is 31.2 Å². The number of anilines is 1. The lowest BCUT2D eigenvalue weighted by Gasteiger charge is -2.37. The van der Waals surface area contributed by atoms with Crippen molar-refractivity contribution in [1.29, 1.82) is 0 Å². The summed E-state index contributed by atoms with van der Waals surface area (Å²) in [5, 5.41) is 0. The summed E-state index contributed by atoms with van der Waals surface area (Å²) in [6.07, 6.45) is 0.543. The Morgan fingerprint density at radius 2 is 1.56 bits per heavy atom. The second kappa shape index (κ2) is 10.1. The maximum atomic E-state index is 13.7. The van der Waals surface area contributed by atoms with Crippen molar-refractivity contribution >= 4 is 5.69 Å². The number of nitrogens with zero attached hydrogens (tertiary/aromatic N) is 2. The van der Waals surface area contributed by atoms with Gasteiger partial charge in [0.2, 0.25) is 0 Å². The number of hydrogen-bond acceptors (Lipinski definition) is 3. The first-order chi connectivity index (χ1) is 15.5. The molecule has 0 saturated carbocycles. The summed E-state index contributed by atoms with van der Waals surface area (Å²) < 4.78 is 33.4. The van der Waals surface area contributed by atoms with E-state index in [-0.39, 0.29) is 17.7 Å². The van der Waals surface area contributed by atoms with Crippen LogP contribution in [0.15, 0.2) is 66.7 Å². The van der Waals surface area contributed by atoms with E-state index in [1.165, 1.54) is 29.4 Å². The largest absolute Gasteiger partial charge is 0.486 e. The number of hydrogen-bond donors (Lipinski definition) is 0. The van der Waals surface area contributed by atoms with Gasteiger partial charge in [-0.2, -0.15) is 0 Å². The predicted molar refractivity (Wildman–Crippen MR) is 125 cm³/mol. The highest BCUT2D eigenvalue weighted by Gasteiger charge is 2.21. The van der Waals surface area contributed by atoms with Crippen molar-refractivity contribution in [2.45, 2.75) is 26.4 Å². The van der Waals surface area contributed by atoms with Crippen molar-refractivity contribution in [1.82, 2.24) is 4.90 Å². The molecule has 0 aromatic heterocycles. The number of halogens is 2. The third kappa shape index (κ3) is 5.46. The Morgan fingerprint density at radius 3 is 2.25 bits per heavy atom. The Balaban J connectivity index is 1.39. The van der Waals surface area contributed by atoms with Gasteiger partial charge in [-0.15, -0.1) is 0 Å². The highest BCUT2D eigenvalue weighted by molar-refractivity contribution is 5.53. The molecule has 1 aliphatic heterocycles. The van der Waals surface area contributed by atoms with Crippen molar-refractivity contribution < 1.29 is 13.5 Å². The van der Waals surface area contributed by atoms with Gasteiger partial charge in [-0.1, -0.05) is 30.3 Å². The van der Waals surface area contributed by atoms with Crippen LogP contribution in [-0.2, 0) is 0 Å². The molecule has 1 unspecified atom stereocenters. The Hall–Kier alpha value is -2.92. The summed E-state index contributed by atoms with van der Waals surface area (Å²) in [7, 11) is 0. The quantitative estimate of drug-likeness (QED) is 0.458. The molecule has 1 atom stereocenters. The molecule has 3 aromatic carbocycles. The van der Waals surface area contributed by atoms with Crippen LogP contribution in [0, 0.1) is 25.5 Å². The summed E-state index contributed by atoms with van der Waals surface area (Å²) in [4.78, 5) is 4.89. The van der Waals surface area contributed by atoms with Crippen molar-refractivity contribution in [3.05, 3.63) is 95.1 Å². The van der Waals surface area contributed by atoms with E-state index in [2.05, 4.69) is 41.0 Å². The Labute approximate surface area is 189 Å². The fourth-order valence-electron chi connectivity index (χ4n) is 4.26. The Kier molecular flexibility index (Phi) is 7.05. The van der Waals surface area contributed by atoms with Crippen molar-refractivity contribution in [2.75, 3.05) is 37.6 Å². The molecular weight excluding hydrogens is 406 g/mol. The highest BCUT2D eigenvalue weighted by atomic mass is 19.1. The monoisotopic (exact) mass is 436 g/mol. The van der Waals surface area contributed by atoms with Gasteiger partial charge in [-0.05, 0) is 66.9 Å². The number of aryl methyl sites for hydroxylation is 2. The molecule has 0 bridgehead atoms. The molecule has 0 aliphatic carbocycles. The minimum Gasteiger partial charge on any atom is -0.486 e. The Bertz CT molecular complexity index is 1030. The average molecular weight is 437 g/mol. The topological polar surface area (TPSA) is 15.7 Å². The van der Waals surface area contributed by atoms with E-state index < -0.39 is 0 Å². The Morgan fingerprint density at radius 1 is 0.844 bits per heavy atom. The molecule has 1 fully saturated rings. The van der Waals surface area contributed by atoms with Crippen molar-refractivity contribution in [3.8, 4) is 5.75 Å². The maximum Gasteiger partial charge on any atom is 0.126 e. The SMILES string of the molecule is Cc1cc(OC(CCN2CCN(c3ccccc3C)CC2)c2ccc(F)cc2)ccc1F. The van der Waals surface area contributed by atoms with Gasteiger partial charge >= 0.3 is 0 Å². The summed E-state index contributed by atoms with van der Waals surface area (Å²) in [6.45, 7) is 8.71. The molecule has 0 spiro atoms. The summed E-state index contributed by atoms with van der Waals surface area (Å²) >= 11 is 0. The molecule has 5 heteroatoms. The third-order valence-electron chi connectivity index (χ3n) is 6.19. The molecule has 1 saturated heterocycles. The van der Waals surface area contributed by atoms with E-state index in [0.29, 0.717) is 11.3 Å². The first-order valence-electron chi connectivity index (χ1n) is 11.2. The molecular formula is C27H30F2N2O. The molecule has 1 heterocycles. The first-order valence-corrected chi connectivity index (χ1v) is 11.2. The van der Waals surface area contributed by atoms with Crippen LogP contribution in [0.25, 0.3) is 0 Å². The van der Waals surface area contributed by atoms with Crippen LogP contribution in [0.1, 0.15) is 29.2 Å². The lowest BCUT2D eigenvalue weighted by Crippen LogP contribution is -2.47. The number of ether oxygens (including phenoxy) is 1. The molecule has 3 nitrogen and oxygen atoms in total. The zero-order valence-corrected chi connectivity index (χ0v) is 18.7. The predicted octanol–water partition coefficient (Wildman–Crippen LogP) is 5.91. The van der Waals surface area contributed by atoms with Crippen LogP contribution >= 0.6 is 0 Å². The zero-order valence-electron chi connectivity index (χ0n) is 18.7. The molecule has 32 heavy (non-hydrogen) atoms. The van der Waals surface area contributed by atoms with Crippen molar-refractivity contribution in [2.24, 2.45) is 0 Å². The summed E-state index contributed by atoms with van der Waals surface area (Å²) in [5.74, 6) is 0.113. The second-order valence-corrected chi connectivity index (χ2v) is 8.47. The molecule has 0 N–H and O–H groups in total. The number of rotatable bonds is 7. The van der Waals surface area contributed by atoms with Crippen LogP contribution in [0.5, 0.6) is 5.75 Å². The summed E-state index contributed by atoms with van der Waals surface area (Å²) in [6, 6.07) is 19.8. The van der Waals surface area contributed by atoms with Gasteiger partial charge in [0.05, 0.1) is 0 Å². The van der Waals surface area contributed by atoms with Gasteiger partial charge in [-0.3, -0.25) is 4.90 Å². The van der Waals surface area contributed by atoms with E-state index >= 15 is 0 Å². The minimum atomic E-state index is -0.266. The van der Waals surface area contributed by atoms with E-state index in [1.807, 2.05) is 0 Å². The molecule has 1 aliphatic rings. The summed E-state index contributed by atoms with van der Waals surface area (Å²) in [5.41, 5.74) is 4.09. The highest BCUT2D eigenvalue weighted by Crippen LogP contribution is 2.27. The fraction of sp³-hybridized carbons (Fsp3) is 0.333. The van der Waals surface area contributed by atoms with Crippen LogP contribution in [0.2, 0.25) is 0 Å². The third-order valence-corrected chi connectivity index (χ3v) is 6.19. The van der Waals surface area contributed by atoms with E-state index in [9.17, 15) is 8.78 Å². The van der Waals surface area contributed by atoms with E-state index in [0.717, 1.165) is 44.7 Å². The van der Waals surface area contributed by atoms with Crippen LogP contribution < -0.4 is 9.64 Å². The lowest BCUT2D eigenvalue weighted by molar-refractivity contribution is 0.160. The van der Waals surface area contributed by atoms with Gasteiger partial charge < -0.3 is 9.64 Å². The van der Waals surface area contributed by atoms with Gasteiger partial charge in [0.25, 0.3) is 0 Å². The zero-order chi connectivity index (χ0) is 22.5. The fourth-order valence-corrected chi connectivity index (χ4v) is 4.26.